The van der Waals surface area contributed by atoms with Gasteiger partial charge in [-0.05, 0) is 43.2 Å². The number of halogens is 3. The van der Waals surface area contributed by atoms with Gasteiger partial charge in [0.15, 0.2) is 17.3 Å². The highest BCUT2D eigenvalue weighted by molar-refractivity contribution is 5.99. The maximum Gasteiger partial charge on any atom is 0.417 e. The molecule has 3 aromatic rings. The van der Waals surface area contributed by atoms with Crippen molar-refractivity contribution < 1.29 is 27.9 Å². The van der Waals surface area contributed by atoms with E-state index in [2.05, 4.69) is 20.5 Å². The zero-order valence-corrected chi connectivity index (χ0v) is 19.2. The van der Waals surface area contributed by atoms with E-state index in [1.165, 1.54) is 24.3 Å². The van der Waals surface area contributed by atoms with Gasteiger partial charge in [-0.1, -0.05) is 24.3 Å². The number of Topliss-reactive ketones (excluding diaryl/α,β-unsaturated/α-hetero) is 1. The molecule has 1 aromatic carbocycles. The molecule has 4 rings (SSSR count). The van der Waals surface area contributed by atoms with Crippen molar-refractivity contribution in [1.82, 2.24) is 20.5 Å². The molecule has 8 nitrogen and oxygen atoms in total. The summed E-state index contributed by atoms with van der Waals surface area (Å²) in [5.74, 6) is -1.03. The molecule has 1 atom stereocenters. The predicted octanol–water partition coefficient (Wildman–Crippen LogP) is 3.45. The number of nitrogens with zero attached hydrogens (tertiary/aromatic N) is 4. The molecule has 188 valence electrons. The molecule has 1 aliphatic heterocycles. The van der Waals surface area contributed by atoms with Crippen LogP contribution in [0.1, 0.15) is 51.0 Å². The molecule has 1 aliphatic rings. The Bertz CT molecular complexity index is 1200. The van der Waals surface area contributed by atoms with Crippen LogP contribution in [0.2, 0.25) is 0 Å². The van der Waals surface area contributed by atoms with E-state index < -0.39 is 35.5 Å². The second-order valence-electron chi connectivity index (χ2n) is 8.43. The van der Waals surface area contributed by atoms with E-state index in [1.807, 2.05) is 4.90 Å². The van der Waals surface area contributed by atoms with Gasteiger partial charge in [0, 0.05) is 37.3 Å². The highest BCUT2D eigenvalue weighted by Crippen LogP contribution is 2.34. The van der Waals surface area contributed by atoms with Crippen LogP contribution < -0.4 is 10.2 Å². The Hall–Kier alpha value is -3.86. The summed E-state index contributed by atoms with van der Waals surface area (Å²) in [6.07, 6.45) is -3.26. The number of aliphatic hydroxyl groups is 1. The molecule has 1 unspecified atom stereocenters. The van der Waals surface area contributed by atoms with Gasteiger partial charge in [-0.3, -0.25) is 14.6 Å². The predicted molar refractivity (Wildman–Crippen MR) is 124 cm³/mol. The number of carbonyl (C=O) groups excluding carboxylic acids is 2. The summed E-state index contributed by atoms with van der Waals surface area (Å²) >= 11 is 0. The van der Waals surface area contributed by atoms with Crippen LogP contribution in [-0.2, 0) is 6.18 Å². The first-order valence-electron chi connectivity index (χ1n) is 11.4. The fourth-order valence-corrected chi connectivity index (χ4v) is 4.11. The molecule has 1 fully saturated rings. The summed E-state index contributed by atoms with van der Waals surface area (Å²) in [6, 6.07) is 13.1. The van der Waals surface area contributed by atoms with Crippen LogP contribution in [0.3, 0.4) is 0 Å². The van der Waals surface area contributed by atoms with Crippen molar-refractivity contribution in [3.05, 3.63) is 83.3 Å². The lowest BCUT2D eigenvalue weighted by atomic mass is 9.87. The van der Waals surface area contributed by atoms with Gasteiger partial charge >= 0.3 is 6.18 Å². The van der Waals surface area contributed by atoms with Gasteiger partial charge in [-0.15, -0.1) is 10.2 Å². The van der Waals surface area contributed by atoms with E-state index >= 15 is 0 Å². The third-order valence-electron chi connectivity index (χ3n) is 6.06. The molecule has 0 bridgehead atoms. The Balaban J connectivity index is 1.32. The highest BCUT2D eigenvalue weighted by atomic mass is 19.4. The van der Waals surface area contributed by atoms with Crippen LogP contribution in [0.25, 0.3) is 0 Å². The van der Waals surface area contributed by atoms with Gasteiger partial charge in [-0.2, -0.15) is 13.2 Å². The lowest BCUT2D eigenvalue weighted by Gasteiger charge is -2.32. The number of benzene rings is 1. The number of aliphatic hydroxyl groups excluding tert-OH is 1. The van der Waals surface area contributed by atoms with Gasteiger partial charge in [0.1, 0.15) is 6.10 Å². The third kappa shape index (κ3) is 5.85. The van der Waals surface area contributed by atoms with Crippen LogP contribution in [0.4, 0.5) is 19.0 Å². The Labute approximate surface area is 205 Å². The van der Waals surface area contributed by atoms with E-state index in [1.54, 1.807) is 30.5 Å². The van der Waals surface area contributed by atoms with Crippen molar-refractivity contribution in [2.24, 2.45) is 5.92 Å². The quantitative estimate of drug-likeness (QED) is 0.480. The molecule has 0 radical (unpaired) electrons. The van der Waals surface area contributed by atoms with E-state index in [0.717, 1.165) is 6.07 Å². The first-order chi connectivity index (χ1) is 17.2. The van der Waals surface area contributed by atoms with Crippen LogP contribution >= 0.6 is 0 Å². The number of hydrogen-bond acceptors (Lipinski definition) is 7. The molecule has 11 heteroatoms. The van der Waals surface area contributed by atoms with Gasteiger partial charge in [0.25, 0.3) is 5.91 Å². The Kier molecular flexibility index (Phi) is 7.58. The summed E-state index contributed by atoms with van der Waals surface area (Å²) in [5.41, 5.74) is -0.708. The fourth-order valence-electron chi connectivity index (χ4n) is 4.11. The van der Waals surface area contributed by atoms with E-state index in [0.29, 0.717) is 37.4 Å². The van der Waals surface area contributed by atoms with Crippen LogP contribution in [0.15, 0.2) is 60.8 Å². The summed E-state index contributed by atoms with van der Waals surface area (Å²) in [4.78, 5) is 31.1. The zero-order valence-electron chi connectivity index (χ0n) is 19.2. The molecule has 1 amide bonds. The molecule has 36 heavy (non-hydrogen) atoms. The fraction of sp³-hybridized carbons (Fsp3) is 0.320. The normalized spacial score (nSPS) is 15.4. The number of ketones is 1. The maximum atomic E-state index is 13.3. The van der Waals surface area contributed by atoms with Crippen LogP contribution in [-0.4, -0.2) is 51.6 Å². The lowest BCUT2D eigenvalue weighted by Crippen LogP contribution is -2.37. The number of aromatic nitrogens is 3. The standard InChI is InChI=1S/C25H24F3N5O3/c26-25(27,28)18-6-2-1-5-17(18)23(35)16-10-13-33(14-11-16)22-9-8-20(31-32-22)24(36)30-15-21(34)19-7-3-4-12-29-19/h1-9,12,16,21,34H,10-11,13-15H2,(H,30,36). The summed E-state index contributed by atoms with van der Waals surface area (Å²) in [6.45, 7) is 0.792. The number of anilines is 1. The molecule has 0 saturated carbocycles. The molecule has 0 spiro atoms. The highest BCUT2D eigenvalue weighted by Gasteiger charge is 2.37. The SMILES string of the molecule is O=C(NCC(O)c1ccccn1)c1ccc(N2CCC(C(=O)c3ccccc3C(F)(F)F)CC2)nn1. The van der Waals surface area contributed by atoms with E-state index in [4.69, 9.17) is 0 Å². The minimum atomic E-state index is -4.59. The Morgan fingerprint density at radius 1 is 1.03 bits per heavy atom. The molecule has 2 aromatic heterocycles. The number of hydrogen-bond donors (Lipinski definition) is 2. The number of pyridine rings is 1. The summed E-state index contributed by atoms with van der Waals surface area (Å²) in [7, 11) is 0. The number of piperidine rings is 1. The number of rotatable bonds is 7. The van der Waals surface area contributed by atoms with Crippen molar-refractivity contribution in [2.45, 2.75) is 25.1 Å². The second-order valence-corrected chi connectivity index (χ2v) is 8.43. The van der Waals surface area contributed by atoms with Crippen molar-refractivity contribution in [3.63, 3.8) is 0 Å². The van der Waals surface area contributed by atoms with Gasteiger partial charge in [0.2, 0.25) is 0 Å². The molecule has 3 heterocycles. The number of carbonyl (C=O) groups is 2. The lowest BCUT2D eigenvalue weighted by molar-refractivity contribution is -0.137. The van der Waals surface area contributed by atoms with Crippen molar-refractivity contribution in [1.29, 1.82) is 0 Å². The smallest absolute Gasteiger partial charge is 0.385 e. The molecule has 1 saturated heterocycles. The Morgan fingerprint density at radius 3 is 2.39 bits per heavy atom. The van der Waals surface area contributed by atoms with Crippen molar-refractivity contribution in [2.75, 3.05) is 24.5 Å². The Morgan fingerprint density at radius 2 is 1.75 bits per heavy atom. The molecule has 2 N–H and O–H groups in total. The minimum absolute atomic E-state index is 0.0434. The third-order valence-corrected chi connectivity index (χ3v) is 6.06. The topological polar surface area (TPSA) is 108 Å². The van der Waals surface area contributed by atoms with Gasteiger partial charge in [-0.25, -0.2) is 0 Å². The largest absolute Gasteiger partial charge is 0.417 e. The van der Waals surface area contributed by atoms with E-state index in [9.17, 15) is 27.9 Å². The number of alkyl halides is 3. The minimum Gasteiger partial charge on any atom is -0.385 e. The number of nitrogens with one attached hydrogen (secondary N) is 1. The number of amides is 1. The van der Waals surface area contributed by atoms with Gasteiger partial charge < -0.3 is 15.3 Å². The first kappa shape index (κ1) is 25.2. The monoisotopic (exact) mass is 499 g/mol. The van der Waals surface area contributed by atoms with Crippen molar-refractivity contribution >= 4 is 17.5 Å². The van der Waals surface area contributed by atoms with Crippen LogP contribution in [0.5, 0.6) is 0 Å². The first-order valence-corrected chi connectivity index (χ1v) is 11.4. The van der Waals surface area contributed by atoms with Gasteiger partial charge in [0.05, 0.1) is 11.3 Å². The second kappa shape index (κ2) is 10.8. The average molecular weight is 499 g/mol. The zero-order chi connectivity index (χ0) is 25.7. The van der Waals surface area contributed by atoms with Crippen LogP contribution in [0, 0.1) is 5.92 Å². The summed E-state index contributed by atoms with van der Waals surface area (Å²) in [5, 5.41) is 20.7. The molecule has 0 aliphatic carbocycles. The molecular weight excluding hydrogens is 475 g/mol. The van der Waals surface area contributed by atoms with Crippen molar-refractivity contribution in [3.8, 4) is 0 Å². The summed E-state index contributed by atoms with van der Waals surface area (Å²) < 4.78 is 39.9. The average Bonchev–Trinajstić information content (AvgIpc) is 2.91. The maximum absolute atomic E-state index is 13.3. The van der Waals surface area contributed by atoms with E-state index in [-0.39, 0.29) is 17.8 Å². The molecular formula is C25H24F3N5O3.